The van der Waals surface area contributed by atoms with Gasteiger partial charge in [0.15, 0.2) is 5.82 Å². The van der Waals surface area contributed by atoms with E-state index in [4.69, 9.17) is 9.97 Å². The molecule has 5 aromatic carbocycles. The first-order chi connectivity index (χ1) is 25.8. The van der Waals surface area contributed by atoms with Gasteiger partial charge in [-0.25, -0.2) is 29.9 Å². The lowest BCUT2D eigenvalue weighted by Gasteiger charge is -2.37. The number of benzene rings is 5. The molecule has 1 unspecified atom stereocenters. The number of rotatable bonds is 5. The van der Waals surface area contributed by atoms with Crippen LogP contribution in [0, 0.1) is 0 Å². The average Bonchev–Trinajstić information content (AvgIpc) is 3.22. The van der Waals surface area contributed by atoms with Gasteiger partial charge < -0.3 is 9.80 Å². The van der Waals surface area contributed by atoms with E-state index >= 15 is 0 Å². The molecule has 52 heavy (non-hydrogen) atoms. The van der Waals surface area contributed by atoms with Crippen molar-refractivity contribution < 1.29 is 0 Å². The molecule has 0 radical (unpaired) electrons. The van der Waals surface area contributed by atoms with Crippen LogP contribution in [-0.4, -0.2) is 29.9 Å². The molecule has 2 aliphatic heterocycles. The van der Waals surface area contributed by atoms with Crippen LogP contribution in [-0.2, 0) is 0 Å². The minimum Gasteiger partial charge on any atom is -0.312 e. The minimum absolute atomic E-state index is 0.170. The van der Waals surface area contributed by atoms with E-state index in [1.807, 2.05) is 11.8 Å². The maximum Gasteiger partial charge on any atom is 0.163 e. The topological polar surface area (TPSA) is 83.8 Å². The molecule has 1 atom stereocenters. The molecule has 3 aliphatic rings. The molecule has 10 heteroatoms. The van der Waals surface area contributed by atoms with Crippen LogP contribution < -0.4 is 9.80 Å². The molecule has 0 bridgehead atoms. The van der Waals surface area contributed by atoms with Crippen LogP contribution in [0.25, 0.3) is 17.0 Å². The van der Waals surface area contributed by atoms with Gasteiger partial charge in [-0.1, -0.05) is 84.2 Å². The first-order valence-corrected chi connectivity index (χ1v) is 18.5. The summed E-state index contributed by atoms with van der Waals surface area (Å²) >= 11 is 3.60. The lowest BCUT2D eigenvalue weighted by Crippen LogP contribution is -2.24. The standard InChI is InChI=1S/C42H28N8S2/c1-5-13-37-33(9-1)49(34-10-2-6-14-38(34)51-37)27-17-19-29(31(21-27)41-45-23-43-24-46-41)30-20-18-28(22-32(30)42-47-25-44-26-48-42)50-35-11-3-7-15-39(35)52-40-16-8-4-12-36(40)50/h1-21,23-26,32H,22H2. The molecule has 0 N–H and O–H groups in total. The molecule has 10 rings (SSSR count). The van der Waals surface area contributed by atoms with Crippen molar-refractivity contribution in [3.63, 3.8) is 0 Å². The molecule has 7 aromatic rings. The fourth-order valence-corrected chi connectivity index (χ4v) is 9.39. The second kappa shape index (κ2) is 12.9. The predicted molar refractivity (Wildman–Crippen MR) is 206 cm³/mol. The first-order valence-electron chi connectivity index (χ1n) is 16.9. The van der Waals surface area contributed by atoms with Crippen molar-refractivity contribution in [2.24, 2.45) is 0 Å². The number of nitrogens with zero attached hydrogens (tertiary/aromatic N) is 8. The monoisotopic (exact) mass is 708 g/mol. The van der Waals surface area contributed by atoms with Gasteiger partial charge in [0.05, 0.1) is 28.7 Å². The maximum atomic E-state index is 4.73. The van der Waals surface area contributed by atoms with Crippen molar-refractivity contribution in [2.45, 2.75) is 31.9 Å². The smallest absolute Gasteiger partial charge is 0.163 e. The Morgan fingerprint density at radius 1 is 0.500 bits per heavy atom. The molecule has 0 amide bonds. The third kappa shape index (κ3) is 5.26. The van der Waals surface area contributed by atoms with E-state index in [0.29, 0.717) is 18.1 Å². The molecular formula is C42H28N8S2. The second-order valence-electron chi connectivity index (χ2n) is 12.5. The Morgan fingerprint density at radius 3 is 1.56 bits per heavy atom. The zero-order valence-electron chi connectivity index (χ0n) is 27.6. The van der Waals surface area contributed by atoms with Crippen LogP contribution in [0.2, 0.25) is 0 Å². The van der Waals surface area contributed by atoms with Crippen molar-refractivity contribution in [1.82, 2.24) is 29.9 Å². The molecular weight excluding hydrogens is 681 g/mol. The lowest BCUT2D eigenvalue weighted by molar-refractivity contribution is 0.737. The van der Waals surface area contributed by atoms with E-state index in [1.54, 1.807) is 37.1 Å². The molecule has 1 aliphatic carbocycles. The van der Waals surface area contributed by atoms with Gasteiger partial charge in [0.25, 0.3) is 0 Å². The molecule has 0 saturated carbocycles. The molecule has 4 heterocycles. The van der Waals surface area contributed by atoms with Crippen molar-refractivity contribution in [3.8, 4) is 11.4 Å². The van der Waals surface area contributed by atoms with E-state index in [0.717, 1.165) is 39.5 Å². The lowest BCUT2D eigenvalue weighted by atomic mass is 9.82. The Labute approximate surface area is 309 Å². The molecule has 0 saturated heterocycles. The van der Waals surface area contributed by atoms with Crippen molar-refractivity contribution in [1.29, 1.82) is 0 Å². The summed E-state index contributed by atoms with van der Waals surface area (Å²) in [5.74, 6) is 1.14. The highest BCUT2D eigenvalue weighted by Gasteiger charge is 2.33. The normalized spacial score (nSPS) is 15.8. The van der Waals surface area contributed by atoms with Crippen LogP contribution in [0.1, 0.15) is 23.7 Å². The summed E-state index contributed by atoms with van der Waals surface area (Å²) in [7, 11) is 0. The summed E-state index contributed by atoms with van der Waals surface area (Å²) in [5.41, 5.74) is 9.77. The van der Waals surface area contributed by atoms with Gasteiger partial charge in [0.2, 0.25) is 0 Å². The highest BCUT2D eigenvalue weighted by atomic mass is 32.2. The van der Waals surface area contributed by atoms with Gasteiger partial charge >= 0.3 is 0 Å². The van der Waals surface area contributed by atoms with Gasteiger partial charge in [-0.3, -0.25) is 0 Å². The van der Waals surface area contributed by atoms with Crippen LogP contribution in [0.15, 0.2) is 178 Å². The molecule has 0 spiro atoms. The fourth-order valence-electron chi connectivity index (χ4n) is 7.27. The van der Waals surface area contributed by atoms with Gasteiger partial charge in [0, 0.05) is 43.0 Å². The zero-order valence-corrected chi connectivity index (χ0v) is 29.2. The van der Waals surface area contributed by atoms with Crippen molar-refractivity contribution in [2.75, 3.05) is 9.80 Å². The largest absolute Gasteiger partial charge is 0.312 e. The van der Waals surface area contributed by atoms with E-state index in [-0.39, 0.29) is 5.92 Å². The SMILES string of the molecule is C1=C(c2ccc(N3c4ccccc4Sc4ccccc43)cc2-c2ncncn2)C(c2ncncn2)CC(N2c3ccccc3Sc3ccccc32)=C1. The third-order valence-corrected chi connectivity index (χ3v) is 11.8. The number of fused-ring (bicyclic) bond motifs is 4. The predicted octanol–water partition coefficient (Wildman–Crippen LogP) is 10.4. The van der Waals surface area contributed by atoms with Crippen LogP contribution in [0.3, 0.4) is 0 Å². The van der Waals surface area contributed by atoms with Crippen LogP contribution in [0.5, 0.6) is 0 Å². The molecule has 8 nitrogen and oxygen atoms in total. The summed E-state index contributed by atoms with van der Waals surface area (Å²) in [5, 5.41) is 0. The van der Waals surface area contributed by atoms with E-state index in [1.165, 1.54) is 31.0 Å². The zero-order chi connectivity index (χ0) is 34.4. The number of allylic oxidation sites excluding steroid dienone is 4. The Kier molecular flexibility index (Phi) is 7.62. The van der Waals surface area contributed by atoms with Crippen LogP contribution >= 0.6 is 23.5 Å². The fraction of sp³-hybridized carbons (Fsp3) is 0.0476. The second-order valence-corrected chi connectivity index (χ2v) is 14.6. The Balaban J connectivity index is 1.16. The van der Waals surface area contributed by atoms with E-state index in [9.17, 15) is 0 Å². The minimum atomic E-state index is -0.170. The summed E-state index contributed by atoms with van der Waals surface area (Å²) in [6.07, 6.45) is 11.4. The highest BCUT2D eigenvalue weighted by molar-refractivity contribution is 8.00. The molecule has 248 valence electrons. The van der Waals surface area contributed by atoms with Gasteiger partial charge in [-0.2, -0.15) is 0 Å². The van der Waals surface area contributed by atoms with Gasteiger partial charge in [-0.15, -0.1) is 0 Å². The van der Waals surface area contributed by atoms with Crippen molar-refractivity contribution >= 4 is 57.5 Å². The number of hydrogen-bond donors (Lipinski definition) is 0. The van der Waals surface area contributed by atoms with Gasteiger partial charge in [-0.05, 0) is 77.9 Å². The summed E-state index contributed by atoms with van der Waals surface area (Å²) in [6.45, 7) is 0. The van der Waals surface area contributed by atoms with Gasteiger partial charge in [0.1, 0.15) is 31.1 Å². The van der Waals surface area contributed by atoms with E-state index < -0.39 is 0 Å². The Hall–Kier alpha value is -6.10. The maximum absolute atomic E-state index is 4.73. The highest BCUT2D eigenvalue weighted by Crippen LogP contribution is 2.54. The molecule has 2 aromatic heterocycles. The first kappa shape index (κ1) is 30.7. The third-order valence-electron chi connectivity index (χ3n) is 9.53. The number of anilines is 5. The summed E-state index contributed by atoms with van der Waals surface area (Å²) in [4.78, 5) is 36.7. The van der Waals surface area contributed by atoms with Crippen LogP contribution in [0.4, 0.5) is 28.4 Å². The summed E-state index contributed by atoms with van der Waals surface area (Å²) < 4.78 is 0. The number of aromatic nitrogens is 6. The average molecular weight is 709 g/mol. The Bertz CT molecular complexity index is 2450. The van der Waals surface area contributed by atoms with E-state index in [2.05, 4.69) is 157 Å². The number of hydrogen-bond acceptors (Lipinski definition) is 10. The Morgan fingerprint density at radius 2 is 1.00 bits per heavy atom. The molecule has 0 fully saturated rings. The summed E-state index contributed by atoms with van der Waals surface area (Å²) in [6, 6.07) is 40.9. The number of para-hydroxylation sites is 4. The quantitative estimate of drug-likeness (QED) is 0.172. The van der Waals surface area contributed by atoms with Crippen molar-refractivity contribution in [3.05, 3.63) is 170 Å².